The van der Waals surface area contributed by atoms with Crippen LogP contribution in [-0.2, 0) is 9.47 Å². The molecule has 1 heterocycles. The van der Waals surface area contributed by atoms with Crippen molar-refractivity contribution in [2.45, 2.75) is 12.5 Å². The first-order valence-electron chi connectivity index (χ1n) is 5.31. The van der Waals surface area contributed by atoms with Gasteiger partial charge < -0.3 is 14.8 Å². The smallest absolute Gasteiger partial charge is 0.0931 e. The van der Waals surface area contributed by atoms with Gasteiger partial charge in [-0.15, -0.1) is 0 Å². The Hall–Kier alpha value is -0.160. The Morgan fingerprint density at radius 1 is 1.29 bits per heavy atom. The van der Waals surface area contributed by atoms with E-state index in [1.807, 2.05) is 0 Å². The van der Waals surface area contributed by atoms with Crippen molar-refractivity contribution >= 4 is 0 Å². The number of methoxy groups -OCH3 is 2. The largest absolute Gasteiger partial charge is 0.382 e. The molecule has 14 heavy (non-hydrogen) atoms. The summed E-state index contributed by atoms with van der Waals surface area (Å²) >= 11 is 0. The molecule has 0 aromatic heterocycles. The maximum absolute atomic E-state index is 5.35. The van der Waals surface area contributed by atoms with Crippen molar-refractivity contribution in [3.05, 3.63) is 0 Å². The number of hydrogen-bond donors (Lipinski definition) is 1. The Labute approximate surface area is 86.6 Å². The molecule has 1 rings (SSSR count). The summed E-state index contributed by atoms with van der Waals surface area (Å²) in [6, 6.07) is 0. The van der Waals surface area contributed by atoms with Gasteiger partial charge in [-0.05, 0) is 19.5 Å². The summed E-state index contributed by atoms with van der Waals surface area (Å²) in [7, 11) is 3.47. The molecule has 0 spiro atoms. The van der Waals surface area contributed by atoms with E-state index in [1.54, 1.807) is 14.2 Å². The monoisotopic (exact) mass is 202 g/mol. The third-order valence-corrected chi connectivity index (χ3v) is 2.58. The van der Waals surface area contributed by atoms with Crippen molar-refractivity contribution in [3.63, 3.8) is 0 Å². The van der Waals surface area contributed by atoms with Gasteiger partial charge in [0.2, 0.25) is 0 Å². The molecule has 0 amide bonds. The fraction of sp³-hybridized carbons (Fsp3) is 1.00. The second-order valence-electron chi connectivity index (χ2n) is 3.72. The summed E-state index contributed by atoms with van der Waals surface area (Å²) < 4.78 is 10.4. The summed E-state index contributed by atoms with van der Waals surface area (Å²) in [6.45, 7) is 6.16. The molecule has 0 bridgehead atoms. The van der Waals surface area contributed by atoms with Crippen LogP contribution < -0.4 is 5.32 Å². The van der Waals surface area contributed by atoms with Gasteiger partial charge in [-0.3, -0.25) is 4.90 Å². The molecule has 0 aliphatic carbocycles. The fourth-order valence-electron chi connectivity index (χ4n) is 1.75. The highest BCUT2D eigenvalue weighted by molar-refractivity contribution is 4.70. The van der Waals surface area contributed by atoms with Crippen LogP contribution in [0.4, 0.5) is 0 Å². The fourth-order valence-corrected chi connectivity index (χ4v) is 1.75. The van der Waals surface area contributed by atoms with Gasteiger partial charge >= 0.3 is 0 Å². The molecule has 4 nitrogen and oxygen atoms in total. The predicted molar refractivity (Wildman–Crippen MR) is 56.6 cm³/mol. The number of nitrogens with zero attached hydrogens (tertiary/aromatic N) is 1. The van der Waals surface area contributed by atoms with Crippen molar-refractivity contribution in [1.82, 2.24) is 10.2 Å². The lowest BCUT2D eigenvalue weighted by Gasteiger charge is -2.24. The van der Waals surface area contributed by atoms with E-state index in [2.05, 4.69) is 10.2 Å². The lowest BCUT2D eigenvalue weighted by molar-refractivity contribution is 0.00716. The minimum Gasteiger partial charge on any atom is -0.382 e. The molecular weight excluding hydrogens is 180 g/mol. The Balaban J connectivity index is 2.24. The molecule has 0 aromatic carbocycles. The molecular formula is C10H22N2O2. The molecule has 1 aliphatic rings. The summed E-state index contributed by atoms with van der Waals surface area (Å²) in [6.07, 6.45) is 1.43. The van der Waals surface area contributed by atoms with Gasteiger partial charge in [0.15, 0.2) is 0 Å². The molecule has 1 saturated heterocycles. The van der Waals surface area contributed by atoms with E-state index >= 15 is 0 Å². The Morgan fingerprint density at radius 3 is 2.86 bits per heavy atom. The zero-order valence-electron chi connectivity index (χ0n) is 9.29. The van der Waals surface area contributed by atoms with Crippen LogP contribution in [0.2, 0.25) is 0 Å². The second-order valence-corrected chi connectivity index (χ2v) is 3.72. The molecule has 0 saturated carbocycles. The molecule has 1 aliphatic heterocycles. The number of hydrogen-bond acceptors (Lipinski definition) is 4. The minimum absolute atomic E-state index is 0.207. The zero-order chi connectivity index (χ0) is 10.2. The van der Waals surface area contributed by atoms with E-state index < -0.39 is 0 Å². The van der Waals surface area contributed by atoms with Crippen LogP contribution in [0.25, 0.3) is 0 Å². The van der Waals surface area contributed by atoms with Gasteiger partial charge in [0.25, 0.3) is 0 Å². The average Bonchev–Trinajstić information content (AvgIpc) is 2.45. The minimum atomic E-state index is 0.207. The summed E-state index contributed by atoms with van der Waals surface area (Å²) in [5.74, 6) is 0. The lowest BCUT2D eigenvalue weighted by atomic mass is 10.3. The van der Waals surface area contributed by atoms with E-state index in [4.69, 9.17) is 9.47 Å². The molecule has 0 radical (unpaired) electrons. The molecule has 1 fully saturated rings. The SMILES string of the molecule is COCC(CN1CCCNCC1)OC. The maximum Gasteiger partial charge on any atom is 0.0931 e. The zero-order valence-corrected chi connectivity index (χ0v) is 9.29. The van der Waals surface area contributed by atoms with Crippen LogP contribution in [0.1, 0.15) is 6.42 Å². The van der Waals surface area contributed by atoms with Gasteiger partial charge in [0.05, 0.1) is 12.7 Å². The Bertz CT molecular complexity index is 136. The van der Waals surface area contributed by atoms with Gasteiger partial charge in [0.1, 0.15) is 0 Å². The van der Waals surface area contributed by atoms with E-state index in [9.17, 15) is 0 Å². The predicted octanol–water partition coefficient (Wildman–Crippen LogP) is -0.0569. The Kier molecular flexibility index (Phi) is 6.10. The first-order valence-corrected chi connectivity index (χ1v) is 5.31. The highest BCUT2D eigenvalue weighted by atomic mass is 16.5. The molecule has 1 atom stereocenters. The van der Waals surface area contributed by atoms with Crippen LogP contribution in [0.5, 0.6) is 0 Å². The molecule has 0 aromatic rings. The van der Waals surface area contributed by atoms with Crippen molar-refractivity contribution in [3.8, 4) is 0 Å². The van der Waals surface area contributed by atoms with Gasteiger partial charge in [-0.2, -0.15) is 0 Å². The van der Waals surface area contributed by atoms with E-state index in [0.29, 0.717) is 6.61 Å². The summed E-state index contributed by atoms with van der Waals surface area (Å²) in [4.78, 5) is 2.44. The lowest BCUT2D eigenvalue weighted by Crippen LogP contribution is -2.37. The van der Waals surface area contributed by atoms with Crippen LogP contribution >= 0.6 is 0 Å². The first-order chi connectivity index (χ1) is 6.86. The molecule has 4 heteroatoms. The van der Waals surface area contributed by atoms with Gasteiger partial charge in [0, 0.05) is 33.9 Å². The quantitative estimate of drug-likeness (QED) is 0.677. The van der Waals surface area contributed by atoms with Crippen molar-refractivity contribution in [1.29, 1.82) is 0 Å². The van der Waals surface area contributed by atoms with E-state index in [1.165, 1.54) is 6.42 Å². The van der Waals surface area contributed by atoms with Gasteiger partial charge in [-0.1, -0.05) is 0 Å². The highest BCUT2D eigenvalue weighted by Crippen LogP contribution is 2.00. The maximum atomic E-state index is 5.35. The van der Waals surface area contributed by atoms with Crippen LogP contribution in [0.3, 0.4) is 0 Å². The van der Waals surface area contributed by atoms with Gasteiger partial charge in [-0.25, -0.2) is 0 Å². The van der Waals surface area contributed by atoms with Crippen molar-refractivity contribution in [2.75, 3.05) is 53.6 Å². The van der Waals surface area contributed by atoms with E-state index in [-0.39, 0.29) is 6.10 Å². The third kappa shape index (κ3) is 4.37. The third-order valence-electron chi connectivity index (χ3n) is 2.58. The highest BCUT2D eigenvalue weighted by Gasteiger charge is 2.14. The number of ether oxygens (including phenoxy) is 2. The van der Waals surface area contributed by atoms with E-state index in [0.717, 1.165) is 32.7 Å². The van der Waals surface area contributed by atoms with Crippen LogP contribution in [-0.4, -0.2) is 64.6 Å². The standard InChI is InChI=1S/C10H22N2O2/c1-13-9-10(14-2)8-12-6-3-4-11-5-7-12/h10-11H,3-9H2,1-2H3. The van der Waals surface area contributed by atoms with Crippen LogP contribution in [0, 0.1) is 0 Å². The number of nitrogens with one attached hydrogen (secondary N) is 1. The van der Waals surface area contributed by atoms with Crippen molar-refractivity contribution < 1.29 is 9.47 Å². The topological polar surface area (TPSA) is 33.7 Å². The summed E-state index contributed by atoms with van der Waals surface area (Å²) in [5, 5.41) is 3.39. The molecule has 1 unspecified atom stereocenters. The number of rotatable bonds is 5. The first kappa shape index (κ1) is 11.9. The molecule has 1 N–H and O–H groups in total. The average molecular weight is 202 g/mol. The van der Waals surface area contributed by atoms with Crippen molar-refractivity contribution in [2.24, 2.45) is 0 Å². The second kappa shape index (κ2) is 7.17. The van der Waals surface area contributed by atoms with Crippen LogP contribution in [0.15, 0.2) is 0 Å². The normalized spacial score (nSPS) is 21.9. The molecule has 84 valence electrons. The Morgan fingerprint density at radius 2 is 2.14 bits per heavy atom. The summed E-state index contributed by atoms with van der Waals surface area (Å²) in [5.41, 5.74) is 0.